The highest BCUT2D eigenvalue weighted by Gasteiger charge is 2.43. The van der Waals surface area contributed by atoms with E-state index in [2.05, 4.69) is 4.98 Å². The number of alkyl halides is 3. The summed E-state index contributed by atoms with van der Waals surface area (Å²) in [4.78, 5) is 26.8. The van der Waals surface area contributed by atoms with Gasteiger partial charge in [-0.25, -0.2) is 4.79 Å². The Hall–Kier alpha value is -1.96. The zero-order valence-corrected chi connectivity index (χ0v) is 12.6. The smallest absolute Gasteiger partial charge is 0.335 e. The number of H-pyrrole nitrogens is 1. The highest BCUT2D eigenvalue weighted by atomic mass is 35.5. The molecule has 1 aromatic heterocycles. The number of nitrogens with zero attached hydrogens (tertiary/aromatic N) is 2. The van der Waals surface area contributed by atoms with Crippen molar-refractivity contribution in [2.75, 3.05) is 13.1 Å². The molecule has 0 saturated carbocycles. The topological polar surface area (TPSA) is 58.1 Å². The van der Waals surface area contributed by atoms with Crippen LogP contribution in [0.5, 0.6) is 0 Å². The second-order valence-electron chi connectivity index (χ2n) is 5.48. The quantitative estimate of drug-likeness (QED) is 0.862. The lowest BCUT2D eigenvalue weighted by Crippen LogP contribution is -2.46. The summed E-state index contributed by atoms with van der Waals surface area (Å²) < 4.78 is 38.9. The number of fused-ring (bicyclic) bond motifs is 1. The van der Waals surface area contributed by atoms with Gasteiger partial charge in [-0.2, -0.15) is 13.2 Å². The molecule has 1 fully saturated rings. The van der Waals surface area contributed by atoms with Crippen LogP contribution in [0.1, 0.15) is 18.9 Å². The number of piperidine rings is 1. The maximum absolute atomic E-state index is 12.5. The molecular formula is C14H13ClF3N3O2. The average molecular weight is 348 g/mol. The maximum atomic E-state index is 12.5. The van der Waals surface area contributed by atoms with Crippen molar-refractivity contribution in [3.63, 3.8) is 0 Å². The summed E-state index contributed by atoms with van der Waals surface area (Å²) in [7, 11) is 0. The predicted octanol–water partition coefficient (Wildman–Crippen LogP) is 2.71. The minimum absolute atomic E-state index is 0.0320. The van der Waals surface area contributed by atoms with Gasteiger partial charge in [0, 0.05) is 24.2 Å². The zero-order valence-electron chi connectivity index (χ0n) is 11.9. The van der Waals surface area contributed by atoms with Crippen molar-refractivity contribution in [1.29, 1.82) is 0 Å². The SMILES string of the molecule is O=C(N1CCC(n2c(=O)[nH]c3cc(Cl)ccc32)CC1)C(F)(F)F. The van der Waals surface area contributed by atoms with E-state index in [0.29, 0.717) is 16.1 Å². The molecule has 3 rings (SSSR count). The zero-order chi connectivity index (χ0) is 16.8. The standard InChI is InChI=1S/C14H13ClF3N3O2/c15-8-1-2-11-10(7-8)19-13(23)21(11)9-3-5-20(6-4-9)12(22)14(16,17)18/h1-2,7,9H,3-6H2,(H,19,23). The number of hydrogen-bond donors (Lipinski definition) is 1. The number of hydrogen-bond acceptors (Lipinski definition) is 2. The Kier molecular flexibility index (Phi) is 3.87. The van der Waals surface area contributed by atoms with Gasteiger partial charge in [0.1, 0.15) is 0 Å². The van der Waals surface area contributed by atoms with Gasteiger partial charge in [0.25, 0.3) is 0 Å². The number of nitrogens with one attached hydrogen (secondary N) is 1. The van der Waals surface area contributed by atoms with Gasteiger partial charge in [-0.3, -0.25) is 9.36 Å². The monoisotopic (exact) mass is 347 g/mol. The highest BCUT2D eigenvalue weighted by molar-refractivity contribution is 6.31. The molecule has 0 spiro atoms. The fourth-order valence-electron chi connectivity index (χ4n) is 2.97. The third-order valence-corrected chi connectivity index (χ3v) is 4.27. The van der Waals surface area contributed by atoms with Gasteiger partial charge in [0.2, 0.25) is 0 Å². The Morgan fingerprint density at radius 1 is 1.26 bits per heavy atom. The Balaban J connectivity index is 1.82. The average Bonchev–Trinajstić information content (AvgIpc) is 2.80. The summed E-state index contributed by atoms with van der Waals surface area (Å²) in [6.07, 6.45) is -4.28. The van der Waals surface area contributed by atoms with Gasteiger partial charge in [0.15, 0.2) is 0 Å². The van der Waals surface area contributed by atoms with E-state index in [9.17, 15) is 22.8 Å². The van der Waals surface area contributed by atoms with Crippen LogP contribution in [0.3, 0.4) is 0 Å². The van der Waals surface area contributed by atoms with E-state index in [1.165, 1.54) is 4.57 Å². The largest absolute Gasteiger partial charge is 0.471 e. The first-order valence-corrected chi connectivity index (χ1v) is 7.41. The summed E-state index contributed by atoms with van der Waals surface area (Å²) in [5.74, 6) is -1.82. The Labute approximate surface area is 133 Å². The number of amides is 1. The van der Waals surface area contributed by atoms with Crippen molar-refractivity contribution in [2.45, 2.75) is 25.1 Å². The van der Waals surface area contributed by atoms with E-state index < -0.39 is 12.1 Å². The lowest BCUT2D eigenvalue weighted by molar-refractivity contribution is -0.186. The van der Waals surface area contributed by atoms with Crippen LogP contribution in [0, 0.1) is 0 Å². The minimum Gasteiger partial charge on any atom is -0.335 e. The van der Waals surface area contributed by atoms with Crippen molar-refractivity contribution in [3.05, 3.63) is 33.7 Å². The summed E-state index contributed by atoms with van der Waals surface area (Å²) in [6.45, 7) is -0.0641. The molecule has 0 unspecified atom stereocenters. The van der Waals surface area contributed by atoms with Crippen LogP contribution in [0.15, 0.2) is 23.0 Å². The van der Waals surface area contributed by atoms with Crippen LogP contribution in [0.2, 0.25) is 5.02 Å². The molecule has 2 heterocycles. The molecule has 0 bridgehead atoms. The van der Waals surface area contributed by atoms with E-state index in [0.717, 1.165) is 4.90 Å². The third kappa shape index (κ3) is 2.95. The summed E-state index contributed by atoms with van der Waals surface area (Å²) in [5.41, 5.74) is 0.902. The lowest BCUT2D eigenvalue weighted by atomic mass is 10.0. The van der Waals surface area contributed by atoms with E-state index >= 15 is 0 Å². The molecule has 1 saturated heterocycles. The summed E-state index contributed by atoms with van der Waals surface area (Å²) in [5, 5.41) is 0.483. The molecule has 0 radical (unpaired) electrons. The minimum atomic E-state index is -4.86. The second-order valence-corrected chi connectivity index (χ2v) is 5.92. The Morgan fingerprint density at radius 2 is 1.91 bits per heavy atom. The fraction of sp³-hybridized carbons (Fsp3) is 0.429. The molecule has 9 heteroatoms. The van der Waals surface area contributed by atoms with E-state index in [4.69, 9.17) is 11.6 Å². The van der Waals surface area contributed by atoms with Gasteiger partial charge in [-0.15, -0.1) is 0 Å². The molecular weight excluding hydrogens is 335 g/mol. The number of carbonyl (C=O) groups is 1. The molecule has 1 amide bonds. The molecule has 1 N–H and O–H groups in total. The van der Waals surface area contributed by atoms with E-state index in [1.54, 1.807) is 18.2 Å². The Morgan fingerprint density at radius 3 is 2.52 bits per heavy atom. The van der Waals surface area contributed by atoms with Crippen molar-refractivity contribution >= 4 is 28.5 Å². The van der Waals surface area contributed by atoms with Crippen LogP contribution < -0.4 is 5.69 Å². The van der Waals surface area contributed by atoms with Crippen molar-refractivity contribution in [3.8, 4) is 0 Å². The van der Waals surface area contributed by atoms with Crippen LogP contribution in [0.4, 0.5) is 13.2 Å². The molecule has 1 aliphatic heterocycles. The first-order valence-electron chi connectivity index (χ1n) is 7.03. The fourth-order valence-corrected chi connectivity index (χ4v) is 3.14. The molecule has 0 atom stereocenters. The van der Waals surface area contributed by atoms with Gasteiger partial charge in [0.05, 0.1) is 11.0 Å². The number of carbonyl (C=O) groups excluding carboxylic acids is 1. The van der Waals surface area contributed by atoms with Crippen LogP contribution in [0.25, 0.3) is 11.0 Å². The number of aromatic amines is 1. The van der Waals surface area contributed by atoms with Gasteiger partial charge >= 0.3 is 17.8 Å². The van der Waals surface area contributed by atoms with Crippen molar-refractivity contribution < 1.29 is 18.0 Å². The highest BCUT2D eigenvalue weighted by Crippen LogP contribution is 2.28. The molecule has 1 aliphatic rings. The van der Waals surface area contributed by atoms with Crippen LogP contribution >= 0.6 is 11.6 Å². The summed E-state index contributed by atoms with van der Waals surface area (Å²) in [6, 6.07) is 4.71. The van der Waals surface area contributed by atoms with Gasteiger partial charge < -0.3 is 9.88 Å². The number of likely N-dealkylation sites (tertiary alicyclic amines) is 1. The molecule has 23 heavy (non-hydrogen) atoms. The Bertz CT molecular complexity index is 804. The third-order valence-electron chi connectivity index (χ3n) is 4.04. The lowest BCUT2D eigenvalue weighted by Gasteiger charge is -2.32. The first kappa shape index (κ1) is 15.9. The molecule has 0 aliphatic carbocycles. The van der Waals surface area contributed by atoms with Crippen molar-refractivity contribution in [2.24, 2.45) is 0 Å². The molecule has 2 aromatic rings. The molecule has 5 nitrogen and oxygen atoms in total. The van der Waals surface area contributed by atoms with Crippen molar-refractivity contribution in [1.82, 2.24) is 14.5 Å². The second kappa shape index (κ2) is 5.59. The van der Waals surface area contributed by atoms with E-state index in [-0.39, 0.29) is 37.7 Å². The van der Waals surface area contributed by atoms with Gasteiger partial charge in [-0.1, -0.05) is 11.6 Å². The predicted molar refractivity (Wildman–Crippen MR) is 78.5 cm³/mol. The van der Waals surface area contributed by atoms with Crippen LogP contribution in [-0.2, 0) is 4.79 Å². The normalized spacial score (nSPS) is 17.0. The molecule has 1 aromatic carbocycles. The number of aromatic nitrogens is 2. The van der Waals surface area contributed by atoms with E-state index in [1.807, 2.05) is 0 Å². The number of imidazole rings is 1. The number of halogens is 4. The van der Waals surface area contributed by atoms with Gasteiger partial charge in [-0.05, 0) is 31.0 Å². The van der Waals surface area contributed by atoms with Crippen LogP contribution in [-0.4, -0.2) is 39.6 Å². The summed E-state index contributed by atoms with van der Waals surface area (Å²) >= 11 is 5.88. The first-order chi connectivity index (χ1) is 10.8. The number of benzene rings is 1. The number of rotatable bonds is 1. The molecule has 124 valence electrons. The maximum Gasteiger partial charge on any atom is 0.471 e.